The summed E-state index contributed by atoms with van der Waals surface area (Å²) in [5.41, 5.74) is -0.313. The van der Waals surface area contributed by atoms with Crippen LogP contribution in [0, 0.1) is 5.92 Å². The number of aliphatic hydroxyl groups excluding tert-OH is 1. The van der Waals surface area contributed by atoms with E-state index in [2.05, 4.69) is 5.32 Å². The minimum Gasteiger partial charge on any atom is -0.391 e. The van der Waals surface area contributed by atoms with Crippen molar-refractivity contribution in [3.8, 4) is 0 Å². The molecule has 0 rings (SSSR count). The topological polar surface area (TPSA) is 58.6 Å². The molecule has 1 amide bonds. The number of amides is 1. The predicted octanol–water partition coefficient (Wildman–Crippen LogP) is 1.32. The lowest BCUT2D eigenvalue weighted by atomic mass is 10.0. The number of hydrogen-bond acceptors (Lipinski definition) is 3. The Morgan fingerprint density at radius 2 is 2.00 bits per heavy atom. The number of carbonyl (C=O) groups is 1. The van der Waals surface area contributed by atoms with Crippen LogP contribution in [-0.2, 0) is 9.53 Å². The molecule has 0 radical (unpaired) electrons. The van der Waals surface area contributed by atoms with Gasteiger partial charge < -0.3 is 15.2 Å². The molecule has 4 heteroatoms. The molecule has 0 aliphatic heterocycles. The number of rotatable bonds is 6. The quantitative estimate of drug-likeness (QED) is 0.725. The molecule has 0 aliphatic carbocycles. The molecule has 0 aromatic carbocycles. The molecule has 0 fully saturated rings. The average Bonchev–Trinajstić information content (AvgIpc) is 2.20. The number of carbonyl (C=O) groups excluding carboxylic acids is 1. The fourth-order valence-corrected chi connectivity index (χ4v) is 1.02. The van der Waals surface area contributed by atoms with Crippen molar-refractivity contribution in [1.82, 2.24) is 5.32 Å². The summed E-state index contributed by atoms with van der Waals surface area (Å²) >= 11 is 0. The van der Waals surface area contributed by atoms with Gasteiger partial charge in [-0.1, -0.05) is 20.3 Å². The Hall–Kier alpha value is -0.610. The highest BCUT2D eigenvalue weighted by Gasteiger charge is 2.15. The molecule has 96 valence electrons. The minimum atomic E-state index is -0.483. The maximum absolute atomic E-state index is 11.4. The van der Waals surface area contributed by atoms with Crippen molar-refractivity contribution in [2.75, 3.05) is 13.2 Å². The Labute approximate surface area is 98.4 Å². The van der Waals surface area contributed by atoms with Crippen LogP contribution in [-0.4, -0.2) is 35.9 Å². The van der Waals surface area contributed by atoms with Gasteiger partial charge in [0.25, 0.3) is 0 Å². The van der Waals surface area contributed by atoms with Gasteiger partial charge in [0.2, 0.25) is 5.91 Å². The third-order valence-electron chi connectivity index (χ3n) is 2.45. The van der Waals surface area contributed by atoms with Crippen LogP contribution in [0.5, 0.6) is 0 Å². The van der Waals surface area contributed by atoms with E-state index in [1.165, 1.54) is 0 Å². The summed E-state index contributed by atoms with van der Waals surface area (Å²) in [5.74, 6) is 0.0149. The van der Waals surface area contributed by atoms with Crippen LogP contribution < -0.4 is 5.32 Å². The second-order valence-electron chi connectivity index (χ2n) is 5.16. The van der Waals surface area contributed by atoms with Crippen molar-refractivity contribution >= 4 is 5.91 Å². The van der Waals surface area contributed by atoms with Gasteiger partial charge in [0.15, 0.2) is 0 Å². The molecule has 2 atom stereocenters. The van der Waals surface area contributed by atoms with E-state index >= 15 is 0 Å². The maximum Gasteiger partial charge on any atom is 0.246 e. The van der Waals surface area contributed by atoms with Gasteiger partial charge in [-0.25, -0.2) is 0 Å². The molecule has 4 nitrogen and oxygen atoms in total. The van der Waals surface area contributed by atoms with Gasteiger partial charge in [-0.15, -0.1) is 0 Å². The maximum atomic E-state index is 11.4. The summed E-state index contributed by atoms with van der Waals surface area (Å²) in [6.07, 6.45) is 0.416. The molecular weight excluding hydrogens is 206 g/mol. The van der Waals surface area contributed by atoms with Crippen molar-refractivity contribution in [3.05, 3.63) is 0 Å². The second-order valence-corrected chi connectivity index (χ2v) is 5.16. The summed E-state index contributed by atoms with van der Waals surface area (Å²) in [6, 6.07) is 0. The Bertz CT molecular complexity index is 211. The third-order valence-corrected chi connectivity index (χ3v) is 2.45. The lowest BCUT2D eigenvalue weighted by molar-refractivity contribution is -0.131. The molecule has 0 bridgehead atoms. The van der Waals surface area contributed by atoms with Gasteiger partial charge in [0.1, 0.15) is 6.61 Å². The van der Waals surface area contributed by atoms with Gasteiger partial charge in [-0.2, -0.15) is 0 Å². The first-order chi connectivity index (χ1) is 7.26. The zero-order valence-electron chi connectivity index (χ0n) is 11.0. The normalized spacial score (nSPS) is 15.6. The van der Waals surface area contributed by atoms with Crippen LogP contribution in [0.2, 0.25) is 0 Å². The molecule has 0 aromatic heterocycles. The van der Waals surface area contributed by atoms with Crippen LogP contribution in [0.15, 0.2) is 0 Å². The standard InChI is InChI=1S/C12H25NO3/c1-6-9(2)10(14)7-13-11(15)8-16-12(3,4)5/h9-10,14H,6-8H2,1-5H3,(H,13,15). The van der Waals surface area contributed by atoms with Gasteiger partial charge in [0.05, 0.1) is 11.7 Å². The molecule has 16 heavy (non-hydrogen) atoms. The fraction of sp³-hybridized carbons (Fsp3) is 0.917. The zero-order valence-corrected chi connectivity index (χ0v) is 11.0. The van der Waals surface area contributed by atoms with Crippen molar-refractivity contribution in [1.29, 1.82) is 0 Å². The highest BCUT2D eigenvalue weighted by atomic mass is 16.5. The van der Waals surface area contributed by atoms with Gasteiger partial charge in [-0.3, -0.25) is 4.79 Å². The number of nitrogens with one attached hydrogen (secondary N) is 1. The first kappa shape index (κ1) is 15.4. The molecular formula is C12H25NO3. The molecule has 0 saturated heterocycles. The van der Waals surface area contributed by atoms with Gasteiger partial charge in [0, 0.05) is 6.54 Å². The van der Waals surface area contributed by atoms with Crippen LogP contribution in [0.3, 0.4) is 0 Å². The lowest BCUT2D eigenvalue weighted by Crippen LogP contribution is -2.38. The second kappa shape index (κ2) is 6.86. The van der Waals surface area contributed by atoms with Crippen molar-refractivity contribution in [3.63, 3.8) is 0 Å². The Balaban J connectivity index is 3.73. The van der Waals surface area contributed by atoms with Crippen LogP contribution in [0.1, 0.15) is 41.0 Å². The van der Waals surface area contributed by atoms with Crippen molar-refractivity contribution in [2.24, 2.45) is 5.92 Å². The molecule has 0 aliphatic rings. The third kappa shape index (κ3) is 7.65. The van der Waals surface area contributed by atoms with Crippen molar-refractivity contribution < 1.29 is 14.6 Å². The Kier molecular flexibility index (Phi) is 6.60. The fourth-order valence-electron chi connectivity index (χ4n) is 1.02. The summed E-state index contributed by atoms with van der Waals surface area (Å²) in [4.78, 5) is 11.4. The Morgan fingerprint density at radius 1 is 1.44 bits per heavy atom. The number of ether oxygens (including phenoxy) is 1. The molecule has 0 saturated carbocycles. The minimum absolute atomic E-state index is 0.0384. The summed E-state index contributed by atoms with van der Waals surface area (Å²) in [6.45, 7) is 10.00. The SMILES string of the molecule is CCC(C)C(O)CNC(=O)COC(C)(C)C. The van der Waals surface area contributed by atoms with E-state index in [0.29, 0.717) is 6.54 Å². The highest BCUT2D eigenvalue weighted by Crippen LogP contribution is 2.07. The van der Waals surface area contributed by atoms with Gasteiger partial charge >= 0.3 is 0 Å². The van der Waals surface area contributed by atoms with Gasteiger partial charge in [-0.05, 0) is 26.7 Å². The number of aliphatic hydroxyl groups is 1. The van der Waals surface area contributed by atoms with E-state index < -0.39 is 6.10 Å². The largest absolute Gasteiger partial charge is 0.391 e. The first-order valence-electron chi connectivity index (χ1n) is 5.85. The molecule has 2 unspecified atom stereocenters. The van der Waals surface area contributed by atoms with E-state index in [1.54, 1.807) is 0 Å². The van der Waals surface area contributed by atoms with Crippen LogP contribution >= 0.6 is 0 Å². The smallest absolute Gasteiger partial charge is 0.246 e. The van der Waals surface area contributed by atoms with E-state index in [4.69, 9.17) is 4.74 Å². The highest BCUT2D eigenvalue weighted by molar-refractivity contribution is 5.77. The van der Waals surface area contributed by atoms with Crippen LogP contribution in [0.25, 0.3) is 0 Å². The van der Waals surface area contributed by atoms with E-state index in [-0.39, 0.29) is 24.0 Å². The van der Waals surface area contributed by atoms with Crippen LogP contribution in [0.4, 0.5) is 0 Å². The molecule has 0 heterocycles. The summed E-state index contributed by atoms with van der Waals surface area (Å²) < 4.78 is 5.32. The van der Waals surface area contributed by atoms with Crippen molar-refractivity contribution in [2.45, 2.75) is 52.7 Å². The lowest BCUT2D eigenvalue weighted by Gasteiger charge is -2.20. The molecule has 0 spiro atoms. The first-order valence-corrected chi connectivity index (χ1v) is 5.85. The van der Waals surface area contributed by atoms with E-state index in [1.807, 2.05) is 34.6 Å². The summed E-state index contributed by atoms with van der Waals surface area (Å²) in [7, 11) is 0. The van der Waals surface area contributed by atoms with E-state index in [0.717, 1.165) is 6.42 Å². The average molecular weight is 231 g/mol. The monoisotopic (exact) mass is 231 g/mol. The number of hydrogen-bond donors (Lipinski definition) is 2. The predicted molar refractivity (Wildman–Crippen MR) is 64.2 cm³/mol. The van der Waals surface area contributed by atoms with E-state index in [9.17, 15) is 9.90 Å². The molecule has 0 aromatic rings. The zero-order chi connectivity index (χ0) is 12.8. The Morgan fingerprint density at radius 3 is 2.44 bits per heavy atom. The molecule has 2 N–H and O–H groups in total. The summed E-state index contributed by atoms with van der Waals surface area (Å²) in [5, 5.41) is 12.3.